The van der Waals surface area contributed by atoms with Gasteiger partial charge < -0.3 is 11.1 Å². The number of hydrogen-bond acceptors (Lipinski definition) is 4. The summed E-state index contributed by atoms with van der Waals surface area (Å²) >= 11 is 0. The molecule has 1 aromatic rings. The predicted molar refractivity (Wildman–Crippen MR) is 73.2 cm³/mol. The standard InChI is InChI=1S/C14H17N3O3/c1-8-3-4-10-11(5-8)14(20)17(13(10)19)7-12(18)16-9(2)6-15/h3-5,9H,6-7,15H2,1-2H3,(H,16,18)/t9-/m0/s1. The second-order valence-electron chi connectivity index (χ2n) is 4.95. The van der Waals surface area contributed by atoms with E-state index >= 15 is 0 Å². The molecule has 0 saturated heterocycles. The molecule has 1 aliphatic rings. The van der Waals surface area contributed by atoms with E-state index in [4.69, 9.17) is 5.73 Å². The zero-order chi connectivity index (χ0) is 14.9. The van der Waals surface area contributed by atoms with Gasteiger partial charge in [-0.1, -0.05) is 11.6 Å². The molecule has 1 atom stereocenters. The number of nitrogens with one attached hydrogen (secondary N) is 1. The fourth-order valence-corrected chi connectivity index (χ4v) is 2.07. The van der Waals surface area contributed by atoms with E-state index in [9.17, 15) is 14.4 Å². The van der Waals surface area contributed by atoms with Crippen LogP contribution >= 0.6 is 0 Å². The van der Waals surface area contributed by atoms with Gasteiger partial charge in [-0.05, 0) is 26.0 Å². The van der Waals surface area contributed by atoms with Crippen molar-refractivity contribution in [3.05, 3.63) is 34.9 Å². The van der Waals surface area contributed by atoms with Crippen LogP contribution < -0.4 is 11.1 Å². The summed E-state index contributed by atoms with van der Waals surface area (Å²) < 4.78 is 0. The fraction of sp³-hybridized carbons (Fsp3) is 0.357. The van der Waals surface area contributed by atoms with Crippen molar-refractivity contribution in [1.29, 1.82) is 0 Å². The van der Waals surface area contributed by atoms with E-state index in [1.165, 1.54) is 0 Å². The number of aryl methyl sites for hydroxylation is 1. The van der Waals surface area contributed by atoms with E-state index in [0.717, 1.165) is 10.5 Å². The molecular formula is C14H17N3O3. The Hall–Kier alpha value is -2.21. The van der Waals surface area contributed by atoms with Crippen LogP contribution in [0, 0.1) is 6.92 Å². The number of imide groups is 1. The Balaban J connectivity index is 2.14. The molecule has 0 spiro atoms. The molecule has 0 fully saturated rings. The lowest BCUT2D eigenvalue weighted by molar-refractivity contribution is -0.121. The molecule has 0 unspecified atom stereocenters. The molecule has 6 nitrogen and oxygen atoms in total. The van der Waals surface area contributed by atoms with Crippen LogP contribution in [0.15, 0.2) is 18.2 Å². The Morgan fingerprint density at radius 2 is 1.95 bits per heavy atom. The number of benzene rings is 1. The molecule has 1 heterocycles. The third-order valence-corrected chi connectivity index (χ3v) is 3.19. The summed E-state index contributed by atoms with van der Waals surface area (Å²) in [5.41, 5.74) is 7.01. The average Bonchev–Trinajstić information content (AvgIpc) is 2.63. The van der Waals surface area contributed by atoms with E-state index in [-0.39, 0.29) is 12.6 Å². The summed E-state index contributed by atoms with van der Waals surface area (Å²) in [5.74, 6) is -1.25. The highest BCUT2D eigenvalue weighted by Gasteiger charge is 2.36. The number of nitrogens with two attached hydrogens (primary N) is 1. The Morgan fingerprint density at radius 3 is 2.60 bits per heavy atom. The van der Waals surface area contributed by atoms with Crippen molar-refractivity contribution in [1.82, 2.24) is 10.2 Å². The van der Waals surface area contributed by atoms with Gasteiger partial charge >= 0.3 is 0 Å². The first-order chi connectivity index (χ1) is 9.43. The van der Waals surface area contributed by atoms with Gasteiger partial charge in [-0.25, -0.2) is 0 Å². The summed E-state index contributed by atoms with van der Waals surface area (Å²) in [4.78, 5) is 37.0. The third kappa shape index (κ3) is 2.55. The van der Waals surface area contributed by atoms with E-state index in [1.54, 1.807) is 25.1 Å². The molecule has 0 saturated carbocycles. The minimum Gasteiger partial charge on any atom is -0.351 e. The molecule has 2 rings (SSSR count). The molecule has 0 aromatic heterocycles. The zero-order valence-electron chi connectivity index (χ0n) is 11.5. The predicted octanol–water partition coefficient (Wildman–Crippen LogP) is 0.0544. The third-order valence-electron chi connectivity index (χ3n) is 3.19. The zero-order valence-corrected chi connectivity index (χ0v) is 11.5. The molecule has 3 amide bonds. The van der Waals surface area contributed by atoms with Crippen molar-refractivity contribution in [2.75, 3.05) is 13.1 Å². The minimum atomic E-state index is -0.430. The average molecular weight is 275 g/mol. The molecular weight excluding hydrogens is 258 g/mol. The number of fused-ring (bicyclic) bond motifs is 1. The second kappa shape index (κ2) is 5.42. The maximum absolute atomic E-state index is 12.2. The van der Waals surface area contributed by atoms with Gasteiger partial charge in [0.15, 0.2) is 0 Å². The molecule has 1 aromatic carbocycles. The molecule has 3 N–H and O–H groups in total. The van der Waals surface area contributed by atoms with Crippen LogP contribution in [0.2, 0.25) is 0 Å². The summed E-state index contributed by atoms with van der Waals surface area (Å²) in [6, 6.07) is 4.85. The minimum absolute atomic E-state index is 0.195. The lowest BCUT2D eigenvalue weighted by Crippen LogP contribution is -2.45. The van der Waals surface area contributed by atoms with Gasteiger partial charge in [0.2, 0.25) is 5.91 Å². The van der Waals surface area contributed by atoms with Crippen molar-refractivity contribution in [3.63, 3.8) is 0 Å². The first-order valence-corrected chi connectivity index (χ1v) is 6.40. The van der Waals surface area contributed by atoms with Gasteiger partial charge in [0.1, 0.15) is 6.54 Å². The van der Waals surface area contributed by atoms with Crippen LogP contribution in [0.4, 0.5) is 0 Å². The number of rotatable bonds is 4. The molecule has 0 radical (unpaired) electrons. The maximum atomic E-state index is 12.2. The first kappa shape index (κ1) is 14.2. The van der Waals surface area contributed by atoms with Gasteiger partial charge in [0, 0.05) is 12.6 Å². The van der Waals surface area contributed by atoms with Crippen molar-refractivity contribution >= 4 is 17.7 Å². The van der Waals surface area contributed by atoms with Crippen LogP contribution in [0.1, 0.15) is 33.2 Å². The molecule has 0 bridgehead atoms. The quantitative estimate of drug-likeness (QED) is 0.760. The fourth-order valence-electron chi connectivity index (χ4n) is 2.07. The van der Waals surface area contributed by atoms with Crippen LogP contribution in [-0.2, 0) is 4.79 Å². The van der Waals surface area contributed by atoms with Gasteiger partial charge in [0.05, 0.1) is 11.1 Å². The van der Waals surface area contributed by atoms with Crippen LogP contribution in [0.25, 0.3) is 0 Å². The van der Waals surface area contributed by atoms with E-state index in [0.29, 0.717) is 17.7 Å². The number of amides is 3. The Bertz CT molecular complexity index is 583. The number of hydrogen-bond donors (Lipinski definition) is 2. The van der Waals surface area contributed by atoms with Crippen LogP contribution in [0.5, 0.6) is 0 Å². The van der Waals surface area contributed by atoms with E-state index < -0.39 is 17.7 Å². The SMILES string of the molecule is Cc1ccc2c(c1)C(=O)N(CC(=O)N[C@@H](C)CN)C2=O. The first-order valence-electron chi connectivity index (χ1n) is 6.40. The van der Waals surface area contributed by atoms with Crippen molar-refractivity contribution in [2.24, 2.45) is 5.73 Å². The van der Waals surface area contributed by atoms with Gasteiger partial charge in [-0.2, -0.15) is 0 Å². The monoisotopic (exact) mass is 275 g/mol. The lowest BCUT2D eigenvalue weighted by Gasteiger charge is -2.16. The number of carbonyl (C=O) groups is 3. The Morgan fingerprint density at radius 1 is 1.30 bits per heavy atom. The highest BCUT2D eigenvalue weighted by atomic mass is 16.2. The van der Waals surface area contributed by atoms with Crippen LogP contribution in [-0.4, -0.2) is 41.8 Å². The van der Waals surface area contributed by atoms with E-state index in [2.05, 4.69) is 5.32 Å². The van der Waals surface area contributed by atoms with Crippen molar-refractivity contribution in [3.8, 4) is 0 Å². The van der Waals surface area contributed by atoms with Crippen molar-refractivity contribution in [2.45, 2.75) is 19.9 Å². The Labute approximate surface area is 116 Å². The Kier molecular flexibility index (Phi) is 3.85. The molecule has 6 heteroatoms. The maximum Gasteiger partial charge on any atom is 0.262 e. The van der Waals surface area contributed by atoms with Gasteiger partial charge in [-0.15, -0.1) is 0 Å². The largest absolute Gasteiger partial charge is 0.351 e. The number of nitrogens with zero attached hydrogens (tertiary/aromatic N) is 1. The molecule has 20 heavy (non-hydrogen) atoms. The smallest absolute Gasteiger partial charge is 0.262 e. The molecule has 0 aliphatic carbocycles. The molecule has 1 aliphatic heterocycles. The van der Waals surface area contributed by atoms with Gasteiger partial charge in [0.25, 0.3) is 11.8 Å². The second-order valence-corrected chi connectivity index (χ2v) is 4.95. The summed E-state index contributed by atoms with van der Waals surface area (Å²) in [6.07, 6.45) is 0. The van der Waals surface area contributed by atoms with Gasteiger partial charge in [-0.3, -0.25) is 19.3 Å². The highest BCUT2D eigenvalue weighted by Crippen LogP contribution is 2.23. The molecule has 106 valence electrons. The van der Waals surface area contributed by atoms with Crippen LogP contribution in [0.3, 0.4) is 0 Å². The summed E-state index contributed by atoms with van der Waals surface area (Å²) in [6.45, 7) is 3.61. The topological polar surface area (TPSA) is 92.5 Å². The summed E-state index contributed by atoms with van der Waals surface area (Å²) in [5, 5.41) is 2.63. The van der Waals surface area contributed by atoms with E-state index in [1.807, 2.05) is 6.92 Å². The summed E-state index contributed by atoms with van der Waals surface area (Å²) in [7, 11) is 0. The number of carbonyl (C=O) groups excluding carboxylic acids is 3. The highest BCUT2D eigenvalue weighted by molar-refractivity contribution is 6.22. The van der Waals surface area contributed by atoms with Crippen molar-refractivity contribution < 1.29 is 14.4 Å². The lowest BCUT2D eigenvalue weighted by atomic mass is 10.1. The normalized spacial score (nSPS) is 15.2.